The molecular weight excluding hydrogens is 346 g/mol. The van der Waals surface area contributed by atoms with Crippen molar-refractivity contribution < 1.29 is 28.2 Å². The average Bonchev–Trinajstić information content (AvgIpc) is 2.53. The number of carboxylic acids is 1. The Kier molecular flexibility index (Phi) is 6.00. The van der Waals surface area contributed by atoms with Gasteiger partial charge in [-0.15, -0.1) is 0 Å². The Morgan fingerprint density at radius 1 is 1.16 bits per heavy atom. The molecule has 0 bridgehead atoms. The number of aliphatic hydroxyl groups is 1. The van der Waals surface area contributed by atoms with Crippen molar-refractivity contribution in [1.29, 1.82) is 0 Å². The number of carboxylic acid groups (broad SMARTS) is 1. The predicted molar refractivity (Wildman–Crippen MR) is 93.0 cm³/mol. The van der Waals surface area contributed by atoms with E-state index in [0.29, 0.717) is 11.3 Å². The lowest BCUT2D eigenvalue weighted by Gasteiger charge is -2.15. The van der Waals surface area contributed by atoms with Crippen LogP contribution in [0.3, 0.4) is 0 Å². The van der Waals surface area contributed by atoms with Gasteiger partial charge in [-0.25, -0.2) is 13.2 Å². The second kappa shape index (κ2) is 8.00. The van der Waals surface area contributed by atoms with E-state index >= 15 is 0 Å². The topological polar surface area (TPSA) is 113 Å². The van der Waals surface area contributed by atoms with Crippen LogP contribution >= 0.6 is 0 Å². The van der Waals surface area contributed by atoms with Crippen molar-refractivity contribution in [1.82, 2.24) is 0 Å². The first kappa shape index (κ1) is 18.8. The summed E-state index contributed by atoms with van der Waals surface area (Å²) in [7, 11) is -3.55. The van der Waals surface area contributed by atoms with Crippen molar-refractivity contribution in [2.75, 3.05) is 11.0 Å². The summed E-state index contributed by atoms with van der Waals surface area (Å²) in [5.74, 6) is -1.04. The molecule has 0 radical (unpaired) electrons. The van der Waals surface area contributed by atoms with Gasteiger partial charge in [0, 0.05) is 6.42 Å². The standard InChI is InChI=1S/C17H19NO6S/c1-25(22,23)18-14-9-13(10-15(19)17(20)21)7-8-16(14)24-11-12-5-3-2-4-6-12/h2-9,15,18-19H,10-11H2,1H3,(H,20,21). The Balaban J connectivity index is 2.23. The maximum atomic E-state index is 11.6. The van der Waals surface area contributed by atoms with Crippen LogP contribution in [0.25, 0.3) is 0 Å². The number of hydrogen-bond donors (Lipinski definition) is 3. The molecule has 2 aromatic rings. The van der Waals surface area contributed by atoms with Crippen LogP contribution in [0.5, 0.6) is 5.75 Å². The van der Waals surface area contributed by atoms with Crippen molar-refractivity contribution in [3.8, 4) is 5.75 Å². The molecule has 25 heavy (non-hydrogen) atoms. The van der Waals surface area contributed by atoms with Gasteiger partial charge < -0.3 is 14.9 Å². The van der Waals surface area contributed by atoms with Crippen molar-refractivity contribution in [3.05, 3.63) is 59.7 Å². The Hall–Kier alpha value is -2.58. The van der Waals surface area contributed by atoms with Crippen LogP contribution in [-0.4, -0.2) is 37.0 Å². The lowest BCUT2D eigenvalue weighted by molar-refractivity contribution is -0.146. The Morgan fingerprint density at radius 2 is 1.84 bits per heavy atom. The molecule has 2 aromatic carbocycles. The Morgan fingerprint density at radius 3 is 2.44 bits per heavy atom. The maximum Gasteiger partial charge on any atom is 0.332 e. The van der Waals surface area contributed by atoms with E-state index in [1.807, 2.05) is 30.3 Å². The fraction of sp³-hybridized carbons (Fsp3) is 0.235. The van der Waals surface area contributed by atoms with Gasteiger partial charge in [-0.2, -0.15) is 0 Å². The number of hydrogen-bond acceptors (Lipinski definition) is 5. The second-order valence-corrected chi connectivity index (χ2v) is 7.29. The van der Waals surface area contributed by atoms with Crippen LogP contribution in [0.1, 0.15) is 11.1 Å². The number of nitrogens with one attached hydrogen (secondary N) is 1. The molecule has 2 rings (SSSR count). The second-order valence-electron chi connectivity index (χ2n) is 5.54. The van der Waals surface area contributed by atoms with E-state index in [4.69, 9.17) is 9.84 Å². The van der Waals surface area contributed by atoms with E-state index in [-0.39, 0.29) is 18.7 Å². The van der Waals surface area contributed by atoms with Crippen molar-refractivity contribution in [3.63, 3.8) is 0 Å². The lowest BCUT2D eigenvalue weighted by atomic mass is 10.1. The summed E-state index contributed by atoms with van der Waals surface area (Å²) in [6.07, 6.45) is -0.707. The van der Waals surface area contributed by atoms with Crippen molar-refractivity contribution >= 4 is 21.7 Å². The number of ether oxygens (including phenoxy) is 1. The first-order valence-corrected chi connectivity index (χ1v) is 9.32. The third-order valence-corrected chi connectivity index (χ3v) is 3.88. The zero-order chi connectivity index (χ0) is 18.4. The van der Waals surface area contributed by atoms with Crippen molar-refractivity contribution in [2.24, 2.45) is 0 Å². The van der Waals surface area contributed by atoms with Gasteiger partial charge in [0.15, 0.2) is 6.10 Å². The summed E-state index contributed by atoms with van der Waals surface area (Å²) < 4.78 is 31.1. The number of benzene rings is 2. The molecule has 0 amide bonds. The molecule has 0 heterocycles. The van der Waals surface area contributed by atoms with E-state index < -0.39 is 22.1 Å². The third-order valence-electron chi connectivity index (χ3n) is 3.29. The lowest BCUT2D eigenvalue weighted by Crippen LogP contribution is -2.22. The quantitative estimate of drug-likeness (QED) is 0.655. The number of carbonyl (C=O) groups is 1. The van der Waals surface area contributed by atoms with Gasteiger partial charge in [0.05, 0.1) is 11.9 Å². The highest BCUT2D eigenvalue weighted by Gasteiger charge is 2.16. The molecule has 134 valence electrons. The molecule has 0 aliphatic carbocycles. The molecule has 1 unspecified atom stereocenters. The fourth-order valence-corrected chi connectivity index (χ4v) is 2.71. The summed E-state index contributed by atoms with van der Waals surface area (Å²) >= 11 is 0. The largest absolute Gasteiger partial charge is 0.487 e. The van der Waals surface area contributed by atoms with Crippen LogP contribution in [0, 0.1) is 0 Å². The van der Waals surface area contributed by atoms with Gasteiger partial charge in [-0.05, 0) is 23.3 Å². The van der Waals surface area contributed by atoms with E-state index in [0.717, 1.165) is 11.8 Å². The van der Waals surface area contributed by atoms with Gasteiger partial charge in [-0.3, -0.25) is 4.72 Å². The number of aliphatic carboxylic acids is 1. The minimum absolute atomic E-state index is 0.146. The highest BCUT2D eigenvalue weighted by Crippen LogP contribution is 2.28. The van der Waals surface area contributed by atoms with Crippen LogP contribution < -0.4 is 9.46 Å². The molecule has 0 saturated carbocycles. The van der Waals surface area contributed by atoms with E-state index in [2.05, 4.69) is 4.72 Å². The van der Waals surface area contributed by atoms with E-state index in [1.165, 1.54) is 6.07 Å². The number of aliphatic hydroxyl groups excluding tert-OH is 1. The Labute approximate surface area is 145 Å². The number of rotatable bonds is 8. The molecule has 7 nitrogen and oxygen atoms in total. The van der Waals surface area contributed by atoms with E-state index in [9.17, 15) is 18.3 Å². The fourth-order valence-electron chi connectivity index (χ4n) is 2.16. The molecule has 3 N–H and O–H groups in total. The molecule has 0 fully saturated rings. The van der Waals surface area contributed by atoms with E-state index in [1.54, 1.807) is 12.1 Å². The van der Waals surface area contributed by atoms with Crippen molar-refractivity contribution in [2.45, 2.75) is 19.1 Å². The normalized spacial score (nSPS) is 12.4. The first-order valence-electron chi connectivity index (χ1n) is 7.43. The van der Waals surface area contributed by atoms with Gasteiger partial charge in [0.1, 0.15) is 12.4 Å². The predicted octanol–water partition coefficient (Wildman–Crippen LogP) is 1.63. The number of anilines is 1. The molecular formula is C17H19NO6S. The maximum absolute atomic E-state index is 11.6. The summed E-state index contributed by atoms with van der Waals surface area (Å²) in [4.78, 5) is 10.8. The van der Waals surface area contributed by atoms with Crippen LogP contribution in [-0.2, 0) is 27.8 Å². The molecule has 0 aliphatic heterocycles. The molecule has 1 atom stereocenters. The van der Waals surface area contributed by atoms with Crippen LogP contribution in [0.2, 0.25) is 0 Å². The number of sulfonamides is 1. The first-order chi connectivity index (χ1) is 11.7. The smallest absolute Gasteiger partial charge is 0.332 e. The van der Waals surface area contributed by atoms with Gasteiger partial charge in [0.25, 0.3) is 0 Å². The molecule has 0 aromatic heterocycles. The average molecular weight is 365 g/mol. The molecule has 8 heteroatoms. The highest BCUT2D eigenvalue weighted by atomic mass is 32.2. The minimum atomic E-state index is -3.55. The van der Waals surface area contributed by atoms with Crippen LogP contribution in [0.15, 0.2) is 48.5 Å². The summed E-state index contributed by atoms with van der Waals surface area (Å²) in [5, 5.41) is 18.2. The zero-order valence-corrected chi connectivity index (χ0v) is 14.4. The molecule has 0 aliphatic rings. The molecule has 0 saturated heterocycles. The highest BCUT2D eigenvalue weighted by molar-refractivity contribution is 7.92. The monoisotopic (exact) mass is 365 g/mol. The zero-order valence-electron chi connectivity index (χ0n) is 13.5. The minimum Gasteiger partial charge on any atom is -0.487 e. The summed E-state index contributed by atoms with van der Waals surface area (Å²) in [5.41, 5.74) is 1.57. The van der Waals surface area contributed by atoms with Crippen LogP contribution in [0.4, 0.5) is 5.69 Å². The van der Waals surface area contributed by atoms with Gasteiger partial charge >= 0.3 is 5.97 Å². The SMILES string of the molecule is CS(=O)(=O)Nc1cc(CC(O)C(=O)O)ccc1OCc1ccccc1. The Bertz CT molecular complexity index is 835. The molecule has 0 spiro atoms. The summed E-state index contributed by atoms with van der Waals surface area (Å²) in [6, 6.07) is 13.9. The third kappa shape index (κ3) is 6.09. The van der Waals surface area contributed by atoms with Gasteiger partial charge in [-0.1, -0.05) is 36.4 Å². The van der Waals surface area contributed by atoms with Gasteiger partial charge in [0.2, 0.25) is 10.0 Å². The summed E-state index contributed by atoms with van der Waals surface area (Å²) in [6.45, 7) is 0.246.